The third kappa shape index (κ3) is 4.33. The van der Waals surface area contributed by atoms with Gasteiger partial charge in [0.25, 0.3) is 0 Å². The molecule has 1 saturated heterocycles. The molecule has 1 aliphatic rings. The topological polar surface area (TPSA) is 43.8 Å². The van der Waals surface area contributed by atoms with Gasteiger partial charge in [0, 0.05) is 26.2 Å². The van der Waals surface area contributed by atoms with Crippen LogP contribution in [0.3, 0.4) is 0 Å². The maximum Gasteiger partial charge on any atom is 0.317 e. The van der Waals surface area contributed by atoms with Crippen LogP contribution >= 0.6 is 0 Å². The minimum absolute atomic E-state index is 0.165. The largest absolute Gasteiger partial charge is 0.480 e. The van der Waals surface area contributed by atoms with Crippen LogP contribution in [0.1, 0.15) is 17.5 Å². The Morgan fingerprint density at radius 1 is 1.16 bits per heavy atom. The van der Waals surface area contributed by atoms with Crippen molar-refractivity contribution in [3.8, 4) is 0 Å². The van der Waals surface area contributed by atoms with E-state index >= 15 is 0 Å². The summed E-state index contributed by atoms with van der Waals surface area (Å²) in [5.41, 5.74) is 2.70. The lowest BCUT2D eigenvalue weighted by atomic mass is 10.1. The molecule has 4 heteroatoms. The van der Waals surface area contributed by atoms with Crippen molar-refractivity contribution in [2.45, 2.75) is 19.9 Å². The van der Waals surface area contributed by atoms with E-state index < -0.39 is 5.97 Å². The summed E-state index contributed by atoms with van der Waals surface area (Å²) in [6.45, 7) is 7.00. The summed E-state index contributed by atoms with van der Waals surface area (Å²) in [6, 6.07) is 8.46. The second-order valence-electron chi connectivity index (χ2n) is 5.23. The van der Waals surface area contributed by atoms with Gasteiger partial charge in [-0.1, -0.05) is 24.3 Å². The van der Waals surface area contributed by atoms with Gasteiger partial charge in [0.05, 0.1) is 6.54 Å². The summed E-state index contributed by atoms with van der Waals surface area (Å²) in [4.78, 5) is 15.2. The Morgan fingerprint density at radius 3 is 2.58 bits per heavy atom. The van der Waals surface area contributed by atoms with Crippen LogP contribution in [0.2, 0.25) is 0 Å². The summed E-state index contributed by atoms with van der Waals surface area (Å²) >= 11 is 0. The molecular formula is C15H22N2O2. The van der Waals surface area contributed by atoms with Crippen LogP contribution in [-0.4, -0.2) is 53.6 Å². The van der Waals surface area contributed by atoms with E-state index in [1.807, 2.05) is 4.90 Å². The number of carbonyl (C=O) groups is 1. The summed E-state index contributed by atoms with van der Waals surface area (Å²) < 4.78 is 0. The highest BCUT2D eigenvalue weighted by Gasteiger charge is 2.16. The smallest absolute Gasteiger partial charge is 0.317 e. The standard InChI is InChI=1S/C15H22N2O2/c1-13-5-2-3-6-14(13)11-16-7-4-8-17(10-9-16)12-15(18)19/h2-3,5-6H,4,7-12H2,1H3,(H,18,19). The molecule has 1 aliphatic heterocycles. The van der Waals surface area contributed by atoms with E-state index in [9.17, 15) is 4.79 Å². The number of benzene rings is 1. The van der Waals surface area contributed by atoms with E-state index in [1.54, 1.807) is 0 Å². The Morgan fingerprint density at radius 2 is 1.84 bits per heavy atom. The Hall–Kier alpha value is -1.39. The van der Waals surface area contributed by atoms with Gasteiger partial charge in [0.15, 0.2) is 0 Å². The Labute approximate surface area is 114 Å². The highest BCUT2D eigenvalue weighted by molar-refractivity contribution is 5.69. The Bertz CT molecular complexity index is 434. The van der Waals surface area contributed by atoms with E-state index in [0.717, 1.165) is 39.1 Å². The van der Waals surface area contributed by atoms with Gasteiger partial charge in [0.1, 0.15) is 0 Å². The van der Waals surface area contributed by atoms with Crippen molar-refractivity contribution in [2.75, 3.05) is 32.7 Å². The predicted molar refractivity (Wildman–Crippen MR) is 75.1 cm³/mol. The van der Waals surface area contributed by atoms with Crippen LogP contribution in [0.5, 0.6) is 0 Å². The molecule has 19 heavy (non-hydrogen) atoms. The number of carboxylic acid groups (broad SMARTS) is 1. The maximum atomic E-state index is 10.7. The third-order valence-electron chi connectivity index (χ3n) is 3.70. The highest BCUT2D eigenvalue weighted by atomic mass is 16.4. The molecule has 0 bridgehead atoms. The van der Waals surface area contributed by atoms with Crippen molar-refractivity contribution in [2.24, 2.45) is 0 Å². The predicted octanol–water partition coefficient (Wildman–Crippen LogP) is 1.59. The number of carboxylic acids is 1. The average Bonchev–Trinajstić information content (AvgIpc) is 2.57. The molecule has 1 heterocycles. The zero-order valence-electron chi connectivity index (χ0n) is 11.5. The first kappa shape index (κ1) is 14.0. The second-order valence-corrected chi connectivity index (χ2v) is 5.23. The lowest BCUT2D eigenvalue weighted by molar-refractivity contribution is -0.138. The fourth-order valence-corrected chi connectivity index (χ4v) is 2.56. The molecule has 4 nitrogen and oxygen atoms in total. The van der Waals surface area contributed by atoms with Crippen LogP contribution in [0.4, 0.5) is 0 Å². The van der Waals surface area contributed by atoms with Gasteiger partial charge in [-0.05, 0) is 31.0 Å². The van der Waals surface area contributed by atoms with Crippen molar-refractivity contribution in [3.63, 3.8) is 0 Å². The van der Waals surface area contributed by atoms with Crippen LogP contribution in [0.25, 0.3) is 0 Å². The van der Waals surface area contributed by atoms with Gasteiger partial charge in [-0.3, -0.25) is 14.6 Å². The molecule has 1 fully saturated rings. The molecule has 0 amide bonds. The summed E-state index contributed by atoms with van der Waals surface area (Å²) in [7, 11) is 0. The van der Waals surface area contributed by atoms with Gasteiger partial charge in [-0.15, -0.1) is 0 Å². The van der Waals surface area contributed by atoms with Gasteiger partial charge in [-0.2, -0.15) is 0 Å². The molecule has 0 unspecified atom stereocenters. The maximum absolute atomic E-state index is 10.7. The van der Waals surface area contributed by atoms with Crippen LogP contribution in [0, 0.1) is 6.92 Å². The third-order valence-corrected chi connectivity index (χ3v) is 3.70. The van der Waals surface area contributed by atoms with Crippen LogP contribution in [-0.2, 0) is 11.3 Å². The highest BCUT2D eigenvalue weighted by Crippen LogP contribution is 2.12. The van der Waals surface area contributed by atoms with Gasteiger partial charge in [-0.25, -0.2) is 0 Å². The van der Waals surface area contributed by atoms with E-state index in [2.05, 4.69) is 36.1 Å². The van der Waals surface area contributed by atoms with Gasteiger partial charge >= 0.3 is 5.97 Å². The lowest BCUT2D eigenvalue weighted by Crippen LogP contribution is -2.34. The lowest BCUT2D eigenvalue weighted by Gasteiger charge is -2.21. The molecule has 0 saturated carbocycles. The summed E-state index contributed by atoms with van der Waals surface area (Å²) in [5.74, 6) is -0.729. The van der Waals surface area contributed by atoms with Crippen molar-refractivity contribution in [3.05, 3.63) is 35.4 Å². The van der Waals surface area contributed by atoms with Gasteiger partial charge in [0.2, 0.25) is 0 Å². The van der Waals surface area contributed by atoms with E-state index in [4.69, 9.17) is 5.11 Å². The minimum atomic E-state index is -0.729. The fraction of sp³-hybridized carbons (Fsp3) is 0.533. The monoisotopic (exact) mass is 262 g/mol. The molecule has 0 atom stereocenters. The van der Waals surface area contributed by atoms with E-state index in [0.29, 0.717) is 0 Å². The zero-order valence-corrected chi connectivity index (χ0v) is 11.5. The first-order valence-electron chi connectivity index (χ1n) is 6.86. The molecule has 104 valence electrons. The van der Waals surface area contributed by atoms with E-state index in [-0.39, 0.29) is 6.54 Å². The first-order chi connectivity index (χ1) is 9.15. The number of rotatable bonds is 4. The second kappa shape index (κ2) is 6.68. The molecule has 0 aliphatic carbocycles. The van der Waals surface area contributed by atoms with Crippen molar-refractivity contribution < 1.29 is 9.90 Å². The van der Waals surface area contributed by atoms with Crippen molar-refractivity contribution in [1.82, 2.24) is 9.80 Å². The Balaban J connectivity index is 1.89. The van der Waals surface area contributed by atoms with Gasteiger partial charge < -0.3 is 5.11 Å². The molecule has 0 radical (unpaired) electrons. The molecule has 0 spiro atoms. The quantitative estimate of drug-likeness (QED) is 0.895. The van der Waals surface area contributed by atoms with E-state index in [1.165, 1.54) is 11.1 Å². The number of aliphatic carboxylic acids is 1. The van der Waals surface area contributed by atoms with Crippen LogP contribution in [0.15, 0.2) is 24.3 Å². The van der Waals surface area contributed by atoms with Crippen molar-refractivity contribution in [1.29, 1.82) is 0 Å². The fourth-order valence-electron chi connectivity index (χ4n) is 2.56. The van der Waals surface area contributed by atoms with Crippen molar-refractivity contribution >= 4 is 5.97 Å². The van der Waals surface area contributed by atoms with Crippen LogP contribution < -0.4 is 0 Å². The number of hydrogen-bond donors (Lipinski definition) is 1. The minimum Gasteiger partial charge on any atom is -0.480 e. The Kier molecular flexibility index (Phi) is 4.93. The number of nitrogens with zero attached hydrogens (tertiary/aromatic N) is 2. The molecule has 1 N–H and O–H groups in total. The molecule has 0 aromatic heterocycles. The number of hydrogen-bond acceptors (Lipinski definition) is 3. The molecule has 1 aromatic rings. The average molecular weight is 262 g/mol. The molecule has 2 rings (SSSR count). The zero-order chi connectivity index (χ0) is 13.7. The SMILES string of the molecule is Cc1ccccc1CN1CCCN(CC(=O)O)CC1. The molecule has 1 aromatic carbocycles. The number of aryl methyl sites for hydroxylation is 1. The molecular weight excluding hydrogens is 240 g/mol. The normalized spacial score (nSPS) is 18.2. The first-order valence-corrected chi connectivity index (χ1v) is 6.86. The summed E-state index contributed by atoms with van der Waals surface area (Å²) in [6.07, 6.45) is 1.04. The summed E-state index contributed by atoms with van der Waals surface area (Å²) in [5, 5.41) is 8.84.